The zero-order valence-corrected chi connectivity index (χ0v) is 11.4. The predicted octanol–water partition coefficient (Wildman–Crippen LogP) is 1.12. The zero-order valence-electron chi connectivity index (χ0n) is 10.6. The zero-order chi connectivity index (χ0) is 12.3. The molecule has 5 heteroatoms. The maximum absolute atomic E-state index is 11.4. The average Bonchev–Trinajstić information content (AvgIpc) is 2.78. The molecular weight excluding hydrogens is 234 g/mol. The van der Waals surface area contributed by atoms with Gasteiger partial charge >= 0.3 is 0 Å². The first-order chi connectivity index (χ1) is 8.18. The van der Waals surface area contributed by atoms with Gasteiger partial charge in [-0.15, -0.1) is 0 Å². The summed E-state index contributed by atoms with van der Waals surface area (Å²) >= 11 is 0. The van der Waals surface area contributed by atoms with Crippen LogP contribution in [0.2, 0.25) is 0 Å². The highest BCUT2D eigenvalue weighted by atomic mass is 32.2. The molecule has 0 aromatic carbocycles. The van der Waals surface area contributed by atoms with Crippen molar-refractivity contribution < 1.29 is 4.21 Å². The van der Waals surface area contributed by atoms with Crippen LogP contribution in [0.5, 0.6) is 0 Å². The van der Waals surface area contributed by atoms with Gasteiger partial charge in [0, 0.05) is 46.7 Å². The highest BCUT2D eigenvalue weighted by Crippen LogP contribution is 2.25. The molecule has 1 aliphatic heterocycles. The van der Waals surface area contributed by atoms with Gasteiger partial charge in [-0.3, -0.25) is 4.21 Å². The summed E-state index contributed by atoms with van der Waals surface area (Å²) < 4.78 is 13.6. The Morgan fingerprint density at radius 2 is 2.29 bits per heavy atom. The Morgan fingerprint density at radius 1 is 1.59 bits per heavy atom. The Kier molecular flexibility index (Phi) is 4.34. The molecule has 2 unspecified atom stereocenters. The summed E-state index contributed by atoms with van der Waals surface area (Å²) in [6, 6.07) is 0. The molecule has 2 atom stereocenters. The smallest absolute Gasteiger partial charge is 0.0948 e. The molecule has 96 valence electrons. The van der Waals surface area contributed by atoms with Crippen LogP contribution in [0.1, 0.15) is 31.4 Å². The van der Waals surface area contributed by atoms with E-state index in [0.29, 0.717) is 5.92 Å². The fraction of sp³-hybridized carbons (Fsp3) is 0.750. The van der Waals surface area contributed by atoms with Gasteiger partial charge in [0.25, 0.3) is 0 Å². The molecule has 1 aliphatic rings. The first-order valence-corrected chi connectivity index (χ1v) is 7.83. The van der Waals surface area contributed by atoms with E-state index >= 15 is 0 Å². The van der Waals surface area contributed by atoms with E-state index in [-0.39, 0.29) is 5.25 Å². The summed E-state index contributed by atoms with van der Waals surface area (Å²) in [6.45, 7) is 5.01. The third-order valence-corrected chi connectivity index (χ3v) is 4.80. The van der Waals surface area contributed by atoms with Gasteiger partial charge in [0.05, 0.1) is 6.33 Å². The molecule has 4 nitrogen and oxygen atoms in total. The molecule has 0 aliphatic carbocycles. The fourth-order valence-corrected chi connectivity index (χ4v) is 2.69. The number of nitrogens with zero attached hydrogens (tertiary/aromatic N) is 2. The number of nitrogens with one attached hydrogen (secondary N) is 1. The molecule has 17 heavy (non-hydrogen) atoms. The van der Waals surface area contributed by atoms with Crippen LogP contribution in [0.4, 0.5) is 0 Å². The van der Waals surface area contributed by atoms with Gasteiger partial charge in [0.2, 0.25) is 0 Å². The number of aromatic nitrogens is 2. The summed E-state index contributed by atoms with van der Waals surface area (Å²) in [5, 5.41) is 3.56. The van der Waals surface area contributed by atoms with Crippen molar-refractivity contribution in [1.29, 1.82) is 0 Å². The molecule has 0 bridgehead atoms. The molecule has 0 amide bonds. The highest BCUT2D eigenvalue weighted by Gasteiger charge is 2.19. The molecule has 1 N–H and O–H groups in total. The van der Waals surface area contributed by atoms with Crippen molar-refractivity contribution in [2.45, 2.75) is 37.5 Å². The summed E-state index contributed by atoms with van der Waals surface area (Å²) in [6.07, 6.45) is 7.97. The Labute approximate surface area is 105 Å². The molecule has 1 fully saturated rings. The lowest BCUT2D eigenvalue weighted by molar-refractivity contribution is 0.438. The Morgan fingerprint density at radius 3 is 2.94 bits per heavy atom. The molecule has 0 spiro atoms. The minimum Gasteiger partial charge on any atom is -0.333 e. The Hall–Kier alpha value is -0.680. The summed E-state index contributed by atoms with van der Waals surface area (Å²) in [5.74, 6) is 0.608. The van der Waals surface area contributed by atoms with Crippen molar-refractivity contribution in [1.82, 2.24) is 14.9 Å². The number of rotatable bonds is 4. The minimum absolute atomic E-state index is 0.185. The van der Waals surface area contributed by atoms with E-state index in [4.69, 9.17) is 0 Å². The van der Waals surface area contributed by atoms with Gasteiger partial charge in [-0.05, 0) is 32.9 Å². The van der Waals surface area contributed by atoms with Gasteiger partial charge < -0.3 is 9.88 Å². The topological polar surface area (TPSA) is 46.9 Å². The number of imidazole rings is 1. The minimum atomic E-state index is -0.769. The second-order valence-electron chi connectivity index (χ2n) is 4.80. The molecule has 1 saturated heterocycles. The van der Waals surface area contributed by atoms with Crippen LogP contribution in [-0.2, 0) is 17.3 Å². The van der Waals surface area contributed by atoms with E-state index in [1.54, 1.807) is 6.26 Å². The van der Waals surface area contributed by atoms with Crippen LogP contribution in [-0.4, -0.2) is 38.4 Å². The lowest BCUT2D eigenvalue weighted by Gasteiger charge is -2.24. The van der Waals surface area contributed by atoms with E-state index in [1.807, 2.05) is 19.4 Å². The van der Waals surface area contributed by atoms with Crippen LogP contribution >= 0.6 is 0 Å². The molecular formula is C12H21N3OS. The van der Waals surface area contributed by atoms with Gasteiger partial charge in [0.15, 0.2) is 0 Å². The van der Waals surface area contributed by atoms with Crippen LogP contribution < -0.4 is 5.32 Å². The normalized spacial score (nSPS) is 21.3. The van der Waals surface area contributed by atoms with Crippen LogP contribution in [0.3, 0.4) is 0 Å². The standard InChI is InChI=1S/C12H21N3OS/c1-10(17(2)16)8-15-9-14-7-12(15)11-3-5-13-6-4-11/h7,9-11,13H,3-6,8H2,1-2H3. The summed E-state index contributed by atoms with van der Waals surface area (Å²) in [4.78, 5) is 4.25. The third-order valence-electron chi connectivity index (χ3n) is 3.52. The number of hydrogen-bond acceptors (Lipinski definition) is 3. The Bertz CT molecular complexity index is 385. The van der Waals surface area contributed by atoms with Crippen LogP contribution in [0, 0.1) is 0 Å². The second kappa shape index (κ2) is 5.78. The summed E-state index contributed by atoms with van der Waals surface area (Å²) in [5.41, 5.74) is 1.31. The van der Waals surface area contributed by atoms with Crippen LogP contribution in [0.15, 0.2) is 12.5 Å². The fourth-order valence-electron chi connectivity index (χ4n) is 2.32. The molecule has 2 rings (SSSR count). The maximum atomic E-state index is 11.4. The first-order valence-electron chi connectivity index (χ1n) is 6.21. The van der Waals surface area contributed by atoms with E-state index in [1.165, 1.54) is 18.5 Å². The Balaban J connectivity index is 2.07. The van der Waals surface area contributed by atoms with Crippen molar-refractivity contribution in [3.63, 3.8) is 0 Å². The van der Waals surface area contributed by atoms with Gasteiger partial charge in [-0.25, -0.2) is 4.98 Å². The van der Waals surface area contributed by atoms with Crippen molar-refractivity contribution >= 4 is 10.8 Å². The van der Waals surface area contributed by atoms with E-state index in [9.17, 15) is 4.21 Å². The number of hydrogen-bond donors (Lipinski definition) is 1. The summed E-state index contributed by atoms with van der Waals surface area (Å²) in [7, 11) is -0.769. The average molecular weight is 255 g/mol. The highest BCUT2D eigenvalue weighted by molar-refractivity contribution is 7.84. The van der Waals surface area contributed by atoms with Gasteiger partial charge in [0.1, 0.15) is 0 Å². The van der Waals surface area contributed by atoms with Crippen molar-refractivity contribution in [2.75, 3.05) is 19.3 Å². The second-order valence-corrected chi connectivity index (χ2v) is 6.61. The maximum Gasteiger partial charge on any atom is 0.0948 e. The van der Waals surface area contributed by atoms with Gasteiger partial charge in [-0.2, -0.15) is 0 Å². The molecule has 1 aromatic heterocycles. The first kappa shape index (κ1) is 12.8. The van der Waals surface area contributed by atoms with Crippen molar-refractivity contribution in [3.05, 3.63) is 18.2 Å². The predicted molar refractivity (Wildman–Crippen MR) is 70.6 cm³/mol. The van der Waals surface area contributed by atoms with Crippen LogP contribution in [0.25, 0.3) is 0 Å². The SMILES string of the molecule is CC(Cn1cncc1C1CCNCC1)S(C)=O. The monoisotopic (exact) mass is 255 g/mol. The number of piperidine rings is 1. The van der Waals surface area contributed by atoms with Crippen molar-refractivity contribution in [2.24, 2.45) is 0 Å². The lowest BCUT2D eigenvalue weighted by Crippen LogP contribution is -2.28. The van der Waals surface area contributed by atoms with E-state index in [0.717, 1.165) is 19.6 Å². The lowest BCUT2D eigenvalue weighted by atomic mass is 9.95. The molecule has 0 saturated carbocycles. The van der Waals surface area contributed by atoms with Gasteiger partial charge in [-0.1, -0.05) is 0 Å². The van der Waals surface area contributed by atoms with E-state index < -0.39 is 10.8 Å². The molecule has 2 heterocycles. The molecule has 1 aromatic rings. The quantitative estimate of drug-likeness (QED) is 0.877. The molecule has 0 radical (unpaired) electrons. The van der Waals surface area contributed by atoms with E-state index in [2.05, 4.69) is 14.9 Å². The van der Waals surface area contributed by atoms with Crippen molar-refractivity contribution in [3.8, 4) is 0 Å². The third kappa shape index (κ3) is 3.16. The largest absolute Gasteiger partial charge is 0.333 e.